The molecule has 11 heteroatoms. The Labute approximate surface area is 222 Å². The van der Waals surface area contributed by atoms with Crippen molar-refractivity contribution >= 4 is 29.5 Å². The van der Waals surface area contributed by atoms with Gasteiger partial charge < -0.3 is 20.5 Å². The smallest absolute Gasteiger partial charge is 0.290 e. The number of amides is 2. The number of nitrogens with one attached hydrogen (secondary N) is 1. The molecule has 0 saturated carbocycles. The van der Waals surface area contributed by atoms with Crippen LogP contribution in [0.5, 0.6) is 0 Å². The van der Waals surface area contributed by atoms with Gasteiger partial charge in [0.15, 0.2) is 6.29 Å². The second kappa shape index (κ2) is 10.7. The third kappa shape index (κ3) is 5.47. The highest BCUT2D eigenvalue weighted by Gasteiger charge is 2.21. The fraction of sp³-hybridized carbons (Fsp3) is 0.179. The lowest BCUT2D eigenvalue weighted by atomic mass is 10.0. The minimum absolute atomic E-state index is 0.00281. The number of benzene rings is 2. The topological polar surface area (TPSA) is 141 Å². The number of hydrogen-bond donors (Lipinski definition) is 2. The van der Waals surface area contributed by atoms with Crippen LogP contribution in [0.25, 0.3) is 11.1 Å². The molecular weight excluding hydrogens is 505 g/mol. The molecule has 0 aliphatic carbocycles. The third-order valence-electron chi connectivity index (χ3n) is 6.24. The van der Waals surface area contributed by atoms with Gasteiger partial charge in [-0.3, -0.25) is 19.2 Å². The number of anilines is 2. The Kier molecular flexibility index (Phi) is 7.43. The Bertz CT molecular complexity index is 1660. The van der Waals surface area contributed by atoms with Gasteiger partial charge in [-0.25, -0.2) is 9.37 Å². The van der Waals surface area contributed by atoms with E-state index in [0.717, 1.165) is 17.8 Å². The second-order valence-electron chi connectivity index (χ2n) is 9.04. The third-order valence-corrected chi connectivity index (χ3v) is 6.24. The van der Waals surface area contributed by atoms with Crippen LogP contribution in [0, 0.1) is 19.7 Å². The number of rotatable bonds is 8. The largest absolute Gasteiger partial charge is 0.381 e. The van der Waals surface area contributed by atoms with Gasteiger partial charge in [0.25, 0.3) is 17.4 Å². The van der Waals surface area contributed by atoms with E-state index in [-0.39, 0.29) is 34.6 Å². The molecule has 4 rings (SSSR count). The zero-order chi connectivity index (χ0) is 28.4. The number of primary amides is 1. The van der Waals surface area contributed by atoms with E-state index in [0.29, 0.717) is 34.4 Å². The van der Waals surface area contributed by atoms with Crippen LogP contribution in [-0.4, -0.2) is 34.9 Å². The van der Waals surface area contributed by atoms with E-state index in [1.54, 1.807) is 46.1 Å². The number of nitrogens with two attached hydrogens (primary N) is 1. The summed E-state index contributed by atoms with van der Waals surface area (Å²) < 4.78 is 20.4. The van der Waals surface area contributed by atoms with Crippen LogP contribution in [0.2, 0.25) is 0 Å². The number of nitrogens with zero attached hydrogens (tertiary/aromatic N) is 3. The molecule has 10 nitrogen and oxygen atoms in total. The van der Waals surface area contributed by atoms with E-state index in [1.807, 2.05) is 17.0 Å². The van der Waals surface area contributed by atoms with E-state index in [4.69, 9.17) is 10.3 Å². The number of halogens is 1. The first-order chi connectivity index (χ1) is 18.5. The maximum atomic E-state index is 13.9. The molecule has 0 spiro atoms. The number of aldehydes is 1. The van der Waals surface area contributed by atoms with E-state index >= 15 is 0 Å². The fourth-order valence-corrected chi connectivity index (χ4v) is 4.30. The number of aryl methyl sites for hydroxylation is 3. The van der Waals surface area contributed by atoms with Crippen LogP contribution >= 0.6 is 0 Å². The molecule has 2 amide bonds. The van der Waals surface area contributed by atoms with Crippen LogP contribution in [-0.2, 0) is 13.6 Å². The van der Waals surface area contributed by atoms with Crippen molar-refractivity contribution in [2.45, 2.75) is 20.4 Å². The average Bonchev–Trinajstić information content (AvgIpc) is 3.16. The van der Waals surface area contributed by atoms with E-state index in [9.17, 15) is 23.6 Å². The molecule has 0 atom stereocenters. The molecule has 4 aromatic rings. The molecule has 2 heterocycles. The average molecular weight is 532 g/mol. The second-order valence-corrected chi connectivity index (χ2v) is 9.04. The standard InChI is InChI=1S/C28H26FN5O5/c1-15-11-18(14-35)22(25(31-15)27(37)32-19-7-10-23(29)21(12-19)26(30)36)13-33(3)20-8-5-17(6-9-20)24-16(2)39-34(4)28(24)38/h5-12,14H,13H2,1-4H3,(H2,30,36)(H,32,37). The summed E-state index contributed by atoms with van der Waals surface area (Å²) in [6.45, 7) is 3.52. The molecule has 0 aliphatic rings. The van der Waals surface area contributed by atoms with Gasteiger partial charge in [0.2, 0.25) is 0 Å². The lowest BCUT2D eigenvalue weighted by molar-refractivity contribution is 0.0991. The van der Waals surface area contributed by atoms with Crippen LogP contribution in [0.1, 0.15) is 48.2 Å². The van der Waals surface area contributed by atoms with Gasteiger partial charge in [-0.2, -0.15) is 4.74 Å². The van der Waals surface area contributed by atoms with Gasteiger partial charge in [0, 0.05) is 48.8 Å². The minimum atomic E-state index is -0.975. The van der Waals surface area contributed by atoms with Crippen molar-refractivity contribution in [2.75, 3.05) is 17.3 Å². The summed E-state index contributed by atoms with van der Waals surface area (Å²) in [7, 11) is 3.33. The predicted octanol–water partition coefficient (Wildman–Crippen LogP) is 3.60. The van der Waals surface area contributed by atoms with Crippen molar-refractivity contribution in [2.24, 2.45) is 12.8 Å². The van der Waals surface area contributed by atoms with Crippen molar-refractivity contribution in [3.8, 4) is 11.1 Å². The summed E-state index contributed by atoms with van der Waals surface area (Å²) in [5.74, 6) is -1.93. The molecular formula is C28H26FN5O5. The number of hydrogen-bond acceptors (Lipinski definition) is 7. The first-order valence-electron chi connectivity index (χ1n) is 11.8. The van der Waals surface area contributed by atoms with Crippen LogP contribution in [0.3, 0.4) is 0 Å². The molecule has 0 radical (unpaired) electrons. The summed E-state index contributed by atoms with van der Waals surface area (Å²) in [4.78, 5) is 55.3. The van der Waals surface area contributed by atoms with Gasteiger partial charge in [-0.15, -0.1) is 0 Å². The van der Waals surface area contributed by atoms with Crippen molar-refractivity contribution in [3.63, 3.8) is 0 Å². The first-order valence-corrected chi connectivity index (χ1v) is 11.8. The molecule has 39 heavy (non-hydrogen) atoms. The van der Waals surface area contributed by atoms with Crippen LogP contribution in [0.4, 0.5) is 15.8 Å². The first kappa shape index (κ1) is 27.0. The maximum absolute atomic E-state index is 13.9. The number of carbonyl (C=O) groups is 3. The summed E-state index contributed by atoms with van der Waals surface area (Å²) in [5, 5.41) is 2.60. The lowest BCUT2D eigenvalue weighted by Gasteiger charge is -2.22. The fourth-order valence-electron chi connectivity index (χ4n) is 4.30. The maximum Gasteiger partial charge on any atom is 0.290 e. The Morgan fingerprint density at radius 2 is 1.85 bits per heavy atom. The predicted molar refractivity (Wildman–Crippen MR) is 143 cm³/mol. The van der Waals surface area contributed by atoms with Crippen molar-refractivity contribution < 1.29 is 23.3 Å². The number of carbonyl (C=O) groups excluding carboxylic acids is 3. The Morgan fingerprint density at radius 1 is 1.15 bits per heavy atom. The highest BCUT2D eigenvalue weighted by molar-refractivity contribution is 6.06. The molecule has 2 aromatic carbocycles. The Hall–Kier alpha value is -5.06. The highest BCUT2D eigenvalue weighted by atomic mass is 19.1. The molecule has 0 unspecified atom stereocenters. The van der Waals surface area contributed by atoms with E-state index < -0.39 is 17.6 Å². The molecule has 0 saturated heterocycles. The Balaban J connectivity index is 1.64. The highest BCUT2D eigenvalue weighted by Crippen LogP contribution is 2.26. The molecule has 0 fully saturated rings. The van der Waals surface area contributed by atoms with Crippen molar-refractivity contribution in [1.29, 1.82) is 0 Å². The summed E-state index contributed by atoms with van der Waals surface area (Å²) in [6, 6.07) is 12.2. The lowest BCUT2D eigenvalue weighted by Crippen LogP contribution is -2.24. The zero-order valence-corrected chi connectivity index (χ0v) is 21.7. The molecule has 0 aliphatic heterocycles. The quantitative estimate of drug-likeness (QED) is 0.331. The van der Waals surface area contributed by atoms with E-state index in [2.05, 4.69) is 10.3 Å². The molecule has 2 aromatic heterocycles. The van der Waals surface area contributed by atoms with Gasteiger partial charge >= 0.3 is 0 Å². The summed E-state index contributed by atoms with van der Waals surface area (Å²) in [6.07, 6.45) is 0.651. The molecule has 200 valence electrons. The zero-order valence-electron chi connectivity index (χ0n) is 21.7. The number of aromatic nitrogens is 2. The van der Waals surface area contributed by atoms with Gasteiger partial charge in [-0.1, -0.05) is 12.1 Å². The Morgan fingerprint density at radius 3 is 2.44 bits per heavy atom. The number of pyridine rings is 1. The summed E-state index contributed by atoms with van der Waals surface area (Å²) >= 11 is 0. The monoisotopic (exact) mass is 531 g/mol. The molecule has 3 N–H and O–H groups in total. The van der Waals surface area contributed by atoms with Crippen molar-refractivity contribution in [3.05, 3.63) is 98.5 Å². The van der Waals surface area contributed by atoms with Gasteiger partial charge in [0.1, 0.15) is 17.3 Å². The van der Waals surface area contributed by atoms with Gasteiger partial charge in [0.05, 0.1) is 11.1 Å². The van der Waals surface area contributed by atoms with Crippen LogP contribution in [0.15, 0.2) is 57.8 Å². The SMILES string of the molecule is Cc1cc(C=O)c(CN(C)c2ccc(-c3c(C)on(C)c3=O)cc2)c(C(=O)Nc2ccc(F)c(C(N)=O)c2)n1. The molecule has 0 bridgehead atoms. The normalized spacial score (nSPS) is 10.8. The van der Waals surface area contributed by atoms with Gasteiger partial charge in [-0.05, 0) is 55.8 Å². The summed E-state index contributed by atoms with van der Waals surface area (Å²) in [5.41, 5.74) is 7.76. The minimum Gasteiger partial charge on any atom is -0.381 e. The van der Waals surface area contributed by atoms with E-state index in [1.165, 1.54) is 10.8 Å². The van der Waals surface area contributed by atoms with Crippen LogP contribution < -0.4 is 21.5 Å². The van der Waals surface area contributed by atoms with Crippen molar-refractivity contribution in [1.82, 2.24) is 9.72 Å².